The number of hydrogen-bond acceptors (Lipinski definition) is 5. The molecule has 0 aliphatic heterocycles. The number of rotatable bonds is 16. The van der Waals surface area contributed by atoms with E-state index < -0.39 is 0 Å². The maximum atomic E-state index is 5.09. The van der Waals surface area contributed by atoms with E-state index in [2.05, 4.69) is 382 Å². The van der Waals surface area contributed by atoms with E-state index >= 15 is 0 Å². The highest BCUT2D eigenvalue weighted by Gasteiger charge is 2.17. The molecule has 5 nitrogen and oxygen atoms in total. The molecule has 0 aliphatic carbocycles. The van der Waals surface area contributed by atoms with Gasteiger partial charge in [0.15, 0.2) is 23.3 Å². The van der Waals surface area contributed by atoms with Crippen LogP contribution in [0.15, 0.2) is 431 Å². The summed E-state index contributed by atoms with van der Waals surface area (Å²) in [5, 5.41) is 0. The summed E-state index contributed by atoms with van der Waals surface area (Å²) >= 11 is 0. The smallest absolute Gasteiger partial charge is 0.164 e. The van der Waals surface area contributed by atoms with Crippen LogP contribution in [0.1, 0.15) is 0 Å². The highest BCUT2D eigenvalue weighted by molar-refractivity contribution is 5.82. The molecule has 18 aromatic rings. The average molecular weight is 1380 g/mol. The van der Waals surface area contributed by atoms with E-state index in [-0.39, 0.29) is 0 Å². The fourth-order valence-corrected chi connectivity index (χ4v) is 13.8. The Morgan fingerprint density at radius 1 is 0.0926 bits per heavy atom. The van der Waals surface area contributed by atoms with Crippen LogP contribution in [0.25, 0.3) is 179 Å². The first kappa shape index (κ1) is 66.8. The molecule has 0 N–H and O–H groups in total. The summed E-state index contributed by atoms with van der Waals surface area (Å²) in [6, 6.07) is 151. The van der Waals surface area contributed by atoms with Gasteiger partial charge < -0.3 is 0 Å². The van der Waals surface area contributed by atoms with Crippen LogP contribution in [0.4, 0.5) is 0 Å². The summed E-state index contributed by atoms with van der Waals surface area (Å²) in [5.41, 5.74) is 31.2. The van der Waals surface area contributed by atoms with Gasteiger partial charge in [0.25, 0.3) is 0 Å². The number of nitrogens with zero attached hydrogens (tertiary/aromatic N) is 5. The fourth-order valence-electron chi connectivity index (χ4n) is 13.8. The van der Waals surface area contributed by atoms with Crippen molar-refractivity contribution < 1.29 is 0 Å². The van der Waals surface area contributed by atoms with Gasteiger partial charge in [-0.1, -0.05) is 406 Å². The molecule has 508 valence electrons. The van der Waals surface area contributed by atoms with Crippen LogP contribution < -0.4 is 0 Å². The lowest BCUT2D eigenvalue weighted by Crippen LogP contribution is -2.00. The molecule has 0 saturated heterocycles. The molecule has 0 saturated carbocycles. The van der Waals surface area contributed by atoms with Gasteiger partial charge >= 0.3 is 0 Å². The summed E-state index contributed by atoms with van der Waals surface area (Å²) in [5.74, 6) is 2.58. The molecular formula is C103H71N5. The van der Waals surface area contributed by atoms with Gasteiger partial charge in [-0.05, 0) is 136 Å². The SMILES string of the molecule is c1ccc(-c2ccc(-c3ccc(-c4cc(-c5ccccc5)nc(-c5ccc(-c6ccc(-c7ccccc7)cc6)cc5)n4)cc3)cc2)cc1.c1ccc(-c2cccc(-c3ccc(-c4nc(-c5ccc(-c6cccc(-c7ccccc7)c6)cc5)nc(-c5ccc(-c6cccc(-c7ccccc7)c6)cc5)n4)cc3)c2)cc1. The third-order valence-corrected chi connectivity index (χ3v) is 19.7. The van der Waals surface area contributed by atoms with Gasteiger partial charge in [-0.15, -0.1) is 0 Å². The zero-order valence-corrected chi connectivity index (χ0v) is 59.2. The van der Waals surface area contributed by atoms with Crippen LogP contribution in [0, 0.1) is 0 Å². The lowest BCUT2D eigenvalue weighted by atomic mass is 9.98. The minimum atomic E-state index is 0.624. The molecule has 18 rings (SSSR count). The van der Waals surface area contributed by atoms with Gasteiger partial charge in [0.1, 0.15) is 0 Å². The largest absolute Gasteiger partial charge is 0.228 e. The van der Waals surface area contributed by atoms with E-state index in [4.69, 9.17) is 24.9 Å². The third kappa shape index (κ3) is 15.3. The Hall–Kier alpha value is -14.4. The Labute approximate surface area is 631 Å². The Morgan fingerprint density at radius 3 is 0.454 bits per heavy atom. The molecular weight excluding hydrogens is 1310 g/mol. The summed E-state index contributed by atoms with van der Waals surface area (Å²) in [4.78, 5) is 25.4. The molecule has 16 aromatic carbocycles. The van der Waals surface area contributed by atoms with Crippen LogP contribution in [-0.4, -0.2) is 24.9 Å². The monoisotopic (exact) mass is 1380 g/mol. The molecule has 108 heavy (non-hydrogen) atoms. The van der Waals surface area contributed by atoms with Gasteiger partial charge in [-0.25, -0.2) is 24.9 Å². The van der Waals surface area contributed by atoms with Crippen LogP contribution in [0.3, 0.4) is 0 Å². The summed E-state index contributed by atoms with van der Waals surface area (Å²) in [6.07, 6.45) is 0. The van der Waals surface area contributed by atoms with E-state index in [1.54, 1.807) is 0 Å². The lowest BCUT2D eigenvalue weighted by Gasteiger charge is -2.11. The first-order chi connectivity index (χ1) is 53.5. The highest BCUT2D eigenvalue weighted by atomic mass is 15.0. The average Bonchev–Trinajstić information content (AvgIpc) is 0.795. The fraction of sp³-hybridized carbons (Fsp3) is 0. The van der Waals surface area contributed by atoms with Crippen molar-refractivity contribution in [2.75, 3.05) is 0 Å². The topological polar surface area (TPSA) is 64.5 Å². The van der Waals surface area contributed by atoms with E-state index in [1.165, 1.54) is 72.3 Å². The molecule has 2 aromatic heterocycles. The van der Waals surface area contributed by atoms with Crippen molar-refractivity contribution >= 4 is 0 Å². The third-order valence-electron chi connectivity index (χ3n) is 19.7. The van der Waals surface area contributed by atoms with Crippen molar-refractivity contribution in [3.05, 3.63) is 431 Å². The zero-order valence-electron chi connectivity index (χ0n) is 59.2. The Kier molecular flexibility index (Phi) is 19.4. The van der Waals surface area contributed by atoms with Crippen LogP contribution in [0.5, 0.6) is 0 Å². The van der Waals surface area contributed by atoms with Gasteiger partial charge in [0.2, 0.25) is 0 Å². The maximum Gasteiger partial charge on any atom is 0.164 e. The van der Waals surface area contributed by atoms with Crippen molar-refractivity contribution in [1.29, 1.82) is 0 Å². The van der Waals surface area contributed by atoms with Gasteiger partial charge in [-0.2, -0.15) is 0 Å². The molecule has 0 bridgehead atoms. The van der Waals surface area contributed by atoms with Gasteiger partial charge in [0, 0.05) is 33.4 Å². The summed E-state index contributed by atoms with van der Waals surface area (Å²) in [6.45, 7) is 0. The summed E-state index contributed by atoms with van der Waals surface area (Å²) < 4.78 is 0. The van der Waals surface area contributed by atoms with Crippen molar-refractivity contribution in [2.45, 2.75) is 0 Å². The second kappa shape index (κ2) is 31.3. The van der Waals surface area contributed by atoms with Crippen molar-refractivity contribution in [3.8, 4) is 179 Å². The molecule has 5 heteroatoms. The molecule has 0 aliphatic rings. The Balaban J connectivity index is 0.000000162. The highest BCUT2D eigenvalue weighted by Crippen LogP contribution is 2.37. The molecule has 0 radical (unpaired) electrons. The minimum Gasteiger partial charge on any atom is -0.228 e. The molecule has 0 fully saturated rings. The number of benzene rings is 16. The maximum absolute atomic E-state index is 5.09. The normalized spacial score (nSPS) is 11.0. The van der Waals surface area contributed by atoms with Gasteiger partial charge in [0.05, 0.1) is 11.4 Å². The molecule has 0 atom stereocenters. The van der Waals surface area contributed by atoms with Crippen LogP contribution >= 0.6 is 0 Å². The summed E-state index contributed by atoms with van der Waals surface area (Å²) in [7, 11) is 0. The standard InChI is InChI=1S/C57H39N3.C46H32N2/c1-4-13-40(14-5-1)49-19-10-22-52(37-49)43-25-31-46(32-26-43)55-58-56(47-33-27-44(28-34-47)53-23-11-20-50(38-53)41-15-6-2-7-16-41)60-57(59-55)48-35-29-45(30-36-48)54-24-12-21-51(39-54)42-17-8-3-9-18-42;1-4-10-33(11-5-1)35-16-20-37(21-17-35)39-24-28-42(29-25-39)45-32-44(41-14-8-3-9-15-41)47-46(48-45)43-30-26-40(27-31-43)38-22-18-36(19-23-38)34-12-6-2-7-13-34/h1-39H;1-32H. The van der Waals surface area contributed by atoms with Gasteiger partial charge in [-0.3, -0.25) is 0 Å². The second-order valence-corrected chi connectivity index (χ2v) is 26.7. The van der Waals surface area contributed by atoms with Crippen LogP contribution in [-0.2, 0) is 0 Å². The molecule has 0 unspecified atom stereocenters. The first-order valence-electron chi connectivity index (χ1n) is 36.5. The van der Waals surface area contributed by atoms with E-state index in [0.29, 0.717) is 23.3 Å². The lowest BCUT2D eigenvalue weighted by molar-refractivity contribution is 1.07. The Morgan fingerprint density at radius 2 is 0.231 bits per heavy atom. The van der Waals surface area contributed by atoms with Crippen LogP contribution in [0.2, 0.25) is 0 Å². The quantitative estimate of drug-likeness (QED) is 0.0964. The molecule has 0 spiro atoms. The second-order valence-electron chi connectivity index (χ2n) is 26.7. The first-order valence-corrected chi connectivity index (χ1v) is 36.5. The Bertz CT molecular complexity index is 5550. The van der Waals surface area contributed by atoms with Crippen molar-refractivity contribution in [1.82, 2.24) is 24.9 Å². The number of aromatic nitrogens is 5. The molecule has 2 heterocycles. The predicted molar refractivity (Wildman–Crippen MR) is 449 cm³/mol. The predicted octanol–water partition coefficient (Wildman–Crippen LogP) is 27.0. The molecule has 0 amide bonds. The van der Waals surface area contributed by atoms with E-state index in [0.717, 1.165) is 83.7 Å². The zero-order chi connectivity index (χ0) is 72.2. The minimum absolute atomic E-state index is 0.624. The number of hydrogen-bond donors (Lipinski definition) is 0. The van der Waals surface area contributed by atoms with Crippen molar-refractivity contribution in [2.24, 2.45) is 0 Å². The van der Waals surface area contributed by atoms with E-state index in [9.17, 15) is 0 Å². The van der Waals surface area contributed by atoms with Crippen molar-refractivity contribution in [3.63, 3.8) is 0 Å². The van der Waals surface area contributed by atoms with E-state index in [1.807, 2.05) is 48.5 Å².